The normalized spacial score (nSPS) is 12.3. The van der Waals surface area contributed by atoms with Crippen LogP contribution >= 0.6 is 22.7 Å². The number of aromatic nitrogens is 1. The number of anilines is 1. The van der Waals surface area contributed by atoms with Gasteiger partial charge >= 0.3 is 0 Å². The van der Waals surface area contributed by atoms with Crippen LogP contribution < -0.4 is 10.2 Å². The van der Waals surface area contributed by atoms with Crippen molar-refractivity contribution in [3.63, 3.8) is 0 Å². The van der Waals surface area contributed by atoms with Crippen molar-refractivity contribution in [3.05, 3.63) is 33.5 Å². The number of thiophene rings is 1. The number of carbonyl (C=O) groups is 1. The maximum absolute atomic E-state index is 11.5. The van der Waals surface area contributed by atoms with E-state index in [1.165, 1.54) is 16.2 Å². The Balaban J connectivity index is 1.86. The van der Waals surface area contributed by atoms with Gasteiger partial charge in [0, 0.05) is 36.3 Å². The molecule has 0 aliphatic rings. The van der Waals surface area contributed by atoms with Crippen molar-refractivity contribution in [2.24, 2.45) is 0 Å². The smallest absolute Gasteiger partial charge is 0.225 e. The predicted molar refractivity (Wildman–Crippen MR) is 90.1 cm³/mol. The fraction of sp³-hybridized carbons (Fsp3) is 0.467. The van der Waals surface area contributed by atoms with Crippen molar-refractivity contribution in [2.75, 3.05) is 11.4 Å². The highest BCUT2D eigenvalue weighted by molar-refractivity contribution is 7.14. The molecule has 2 aromatic heterocycles. The minimum absolute atomic E-state index is 0.0393. The summed E-state index contributed by atoms with van der Waals surface area (Å²) in [5.74, 6) is 0.0393. The van der Waals surface area contributed by atoms with E-state index in [0.29, 0.717) is 12.6 Å². The first-order valence-corrected chi connectivity index (χ1v) is 8.84. The summed E-state index contributed by atoms with van der Waals surface area (Å²) in [4.78, 5) is 19.1. The van der Waals surface area contributed by atoms with Gasteiger partial charge < -0.3 is 5.32 Å². The topological polar surface area (TPSA) is 45.2 Å². The fourth-order valence-electron chi connectivity index (χ4n) is 2.08. The summed E-state index contributed by atoms with van der Waals surface area (Å²) in [6.45, 7) is 7.11. The van der Waals surface area contributed by atoms with Crippen LogP contribution in [0.5, 0.6) is 0 Å². The number of amides is 1. The maximum Gasteiger partial charge on any atom is 0.225 e. The average Bonchev–Trinajstić information content (AvgIpc) is 3.08. The van der Waals surface area contributed by atoms with Crippen LogP contribution in [0, 0.1) is 0 Å². The molecule has 0 saturated carbocycles. The highest BCUT2D eigenvalue weighted by atomic mass is 32.1. The Bertz CT molecular complexity index is 565. The van der Waals surface area contributed by atoms with E-state index in [2.05, 4.69) is 34.7 Å². The van der Waals surface area contributed by atoms with E-state index in [9.17, 15) is 4.79 Å². The predicted octanol–water partition coefficient (Wildman–Crippen LogP) is 3.30. The largest absolute Gasteiger partial charge is 0.308 e. The first-order valence-electron chi connectivity index (χ1n) is 7.08. The van der Waals surface area contributed by atoms with Gasteiger partial charge in [0.25, 0.3) is 0 Å². The molecule has 0 fully saturated rings. The van der Waals surface area contributed by atoms with E-state index in [1.807, 2.05) is 12.3 Å². The van der Waals surface area contributed by atoms with Crippen LogP contribution in [0.25, 0.3) is 0 Å². The molecule has 2 aromatic rings. The van der Waals surface area contributed by atoms with Crippen molar-refractivity contribution in [2.45, 2.75) is 39.8 Å². The molecule has 6 heteroatoms. The molecule has 114 valence electrons. The zero-order chi connectivity index (χ0) is 15.2. The van der Waals surface area contributed by atoms with E-state index in [-0.39, 0.29) is 5.91 Å². The van der Waals surface area contributed by atoms with Gasteiger partial charge in [0.15, 0.2) is 5.13 Å². The Kier molecular flexibility index (Phi) is 5.90. The Hall–Kier alpha value is -1.24. The third-order valence-corrected chi connectivity index (χ3v) is 5.00. The molecule has 0 saturated heterocycles. The van der Waals surface area contributed by atoms with Crippen LogP contribution in [-0.4, -0.2) is 23.5 Å². The van der Waals surface area contributed by atoms with Gasteiger partial charge in [-0.15, -0.1) is 22.7 Å². The fourth-order valence-corrected chi connectivity index (χ4v) is 3.84. The second-order valence-electron chi connectivity index (χ2n) is 4.95. The lowest BCUT2D eigenvalue weighted by Gasteiger charge is -2.14. The third-order valence-electron chi connectivity index (χ3n) is 3.19. The van der Waals surface area contributed by atoms with Crippen LogP contribution in [0.2, 0.25) is 0 Å². The summed E-state index contributed by atoms with van der Waals surface area (Å²) >= 11 is 3.31. The lowest BCUT2D eigenvalue weighted by atomic mass is 10.2. The Morgan fingerprint density at radius 3 is 2.90 bits per heavy atom. The molecule has 1 atom stereocenters. The average molecular weight is 323 g/mol. The quantitative estimate of drug-likeness (QED) is 0.850. The first-order chi connectivity index (χ1) is 10.1. The Labute approximate surface area is 133 Å². The first kappa shape index (κ1) is 16.1. The Morgan fingerprint density at radius 1 is 1.48 bits per heavy atom. The number of nitrogens with zero attached hydrogens (tertiary/aromatic N) is 2. The summed E-state index contributed by atoms with van der Waals surface area (Å²) in [6.07, 6.45) is 1.03. The molecule has 0 aliphatic heterocycles. The van der Waals surface area contributed by atoms with Gasteiger partial charge in [-0.3, -0.25) is 9.69 Å². The molecule has 1 unspecified atom stereocenters. The van der Waals surface area contributed by atoms with E-state index < -0.39 is 0 Å². The minimum atomic E-state index is 0.0393. The molecule has 0 aliphatic carbocycles. The maximum atomic E-state index is 11.5. The van der Waals surface area contributed by atoms with E-state index in [1.54, 1.807) is 23.2 Å². The van der Waals surface area contributed by atoms with Crippen LogP contribution in [0.1, 0.15) is 31.3 Å². The van der Waals surface area contributed by atoms with E-state index in [0.717, 1.165) is 23.8 Å². The van der Waals surface area contributed by atoms with Gasteiger partial charge in [-0.05, 0) is 31.7 Å². The molecular weight excluding hydrogens is 302 g/mol. The molecule has 0 spiro atoms. The van der Waals surface area contributed by atoms with Crippen molar-refractivity contribution in [1.29, 1.82) is 0 Å². The van der Waals surface area contributed by atoms with Crippen molar-refractivity contribution >= 4 is 33.7 Å². The van der Waals surface area contributed by atoms with Gasteiger partial charge in [-0.2, -0.15) is 0 Å². The van der Waals surface area contributed by atoms with E-state index in [4.69, 9.17) is 0 Å². The minimum Gasteiger partial charge on any atom is -0.308 e. The van der Waals surface area contributed by atoms with E-state index >= 15 is 0 Å². The lowest BCUT2D eigenvalue weighted by Crippen LogP contribution is -2.28. The van der Waals surface area contributed by atoms with Gasteiger partial charge in [0.2, 0.25) is 5.91 Å². The number of rotatable bonds is 7. The molecule has 2 rings (SSSR count). The van der Waals surface area contributed by atoms with Crippen LogP contribution in [0.15, 0.2) is 22.9 Å². The molecule has 21 heavy (non-hydrogen) atoms. The SMILES string of the molecule is CCN(C(C)=O)c1nc(CNC(C)Cc2cccs2)cs1. The summed E-state index contributed by atoms with van der Waals surface area (Å²) in [5, 5.41) is 8.40. The third kappa shape index (κ3) is 4.62. The second kappa shape index (κ2) is 7.68. The molecule has 1 N–H and O–H groups in total. The zero-order valence-electron chi connectivity index (χ0n) is 12.6. The zero-order valence-corrected chi connectivity index (χ0v) is 14.3. The van der Waals surface area contributed by atoms with Crippen molar-refractivity contribution in [3.8, 4) is 0 Å². The monoisotopic (exact) mass is 323 g/mol. The van der Waals surface area contributed by atoms with Crippen LogP contribution in [-0.2, 0) is 17.8 Å². The van der Waals surface area contributed by atoms with Gasteiger partial charge in [0.05, 0.1) is 5.69 Å². The molecule has 2 heterocycles. The molecule has 0 bridgehead atoms. The number of hydrogen-bond acceptors (Lipinski definition) is 5. The number of nitrogens with one attached hydrogen (secondary N) is 1. The standard InChI is InChI=1S/C15H21N3OS2/c1-4-18(12(3)19)15-17-13(10-21-15)9-16-11(2)8-14-6-5-7-20-14/h5-7,10-11,16H,4,8-9H2,1-3H3. The summed E-state index contributed by atoms with van der Waals surface area (Å²) in [6, 6.07) is 4.65. The number of hydrogen-bond donors (Lipinski definition) is 1. The van der Waals surface area contributed by atoms with Crippen molar-refractivity contribution < 1.29 is 4.79 Å². The Morgan fingerprint density at radius 2 is 2.29 bits per heavy atom. The van der Waals surface area contributed by atoms with Gasteiger partial charge in [-0.1, -0.05) is 6.07 Å². The second-order valence-corrected chi connectivity index (χ2v) is 6.82. The number of carbonyl (C=O) groups excluding carboxylic acids is 1. The molecule has 1 amide bonds. The highest BCUT2D eigenvalue weighted by Crippen LogP contribution is 2.20. The van der Waals surface area contributed by atoms with Gasteiger partial charge in [0.1, 0.15) is 0 Å². The highest BCUT2D eigenvalue weighted by Gasteiger charge is 2.13. The molecular formula is C15H21N3OS2. The van der Waals surface area contributed by atoms with Gasteiger partial charge in [-0.25, -0.2) is 4.98 Å². The number of thiazole rings is 1. The van der Waals surface area contributed by atoms with Crippen molar-refractivity contribution in [1.82, 2.24) is 10.3 Å². The summed E-state index contributed by atoms with van der Waals surface area (Å²) in [5.41, 5.74) is 0.993. The summed E-state index contributed by atoms with van der Waals surface area (Å²) in [7, 11) is 0. The molecule has 0 aromatic carbocycles. The molecule has 0 radical (unpaired) electrons. The van der Waals surface area contributed by atoms with Crippen LogP contribution in [0.4, 0.5) is 5.13 Å². The molecule has 4 nitrogen and oxygen atoms in total. The summed E-state index contributed by atoms with van der Waals surface area (Å²) < 4.78 is 0. The van der Waals surface area contributed by atoms with Crippen LogP contribution in [0.3, 0.4) is 0 Å². The lowest BCUT2D eigenvalue weighted by molar-refractivity contribution is -0.116.